The molecule has 0 saturated heterocycles. The third-order valence-corrected chi connectivity index (χ3v) is 5.52. The first-order chi connectivity index (χ1) is 11.6. The van der Waals surface area contributed by atoms with Gasteiger partial charge in [-0.1, -0.05) is 36.4 Å². The summed E-state index contributed by atoms with van der Waals surface area (Å²) in [5.41, 5.74) is 2.13. The number of nitrogens with one attached hydrogen (secondary N) is 1. The summed E-state index contributed by atoms with van der Waals surface area (Å²) in [5.74, 6) is 1.50. The average molecular weight is 343 g/mol. The van der Waals surface area contributed by atoms with Gasteiger partial charge >= 0.3 is 0 Å². The second-order valence-corrected chi connectivity index (χ2v) is 7.40. The third kappa shape index (κ3) is 4.10. The Kier molecular flexibility index (Phi) is 5.43. The van der Waals surface area contributed by atoms with Crippen molar-refractivity contribution in [1.82, 2.24) is 5.32 Å². The summed E-state index contributed by atoms with van der Waals surface area (Å²) < 4.78 is 18.3. The Morgan fingerprint density at radius 3 is 2.83 bits per heavy atom. The number of fused-ring (bicyclic) bond motifs is 1. The van der Waals surface area contributed by atoms with Crippen LogP contribution >= 0.6 is 0 Å². The van der Waals surface area contributed by atoms with Gasteiger partial charge in [-0.25, -0.2) is 0 Å². The van der Waals surface area contributed by atoms with Crippen LogP contribution in [0.15, 0.2) is 53.4 Å². The minimum absolute atomic E-state index is 0.0244. The highest BCUT2D eigenvalue weighted by Crippen LogP contribution is 2.35. The molecular weight excluding hydrogens is 322 g/mol. The zero-order chi connectivity index (χ0) is 16.9. The van der Waals surface area contributed by atoms with Crippen LogP contribution < -0.4 is 10.1 Å². The van der Waals surface area contributed by atoms with E-state index in [-0.39, 0.29) is 11.8 Å². The fraction of sp³-hybridized carbons (Fsp3) is 0.316. The first-order valence-electron chi connectivity index (χ1n) is 8.07. The highest BCUT2D eigenvalue weighted by molar-refractivity contribution is 7.90. The first kappa shape index (κ1) is 16.9. The van der Waals surface area contributed by atoms with Crippen LogP contribution in [0.5, 0.6) is 5.75 Å². The van der Waals surface area contributed by atoms with Gasteiger partial charge in [-0.15, -0.1) is 0 Å². The Morgan fingerprint density at radius 1 is 1.29 bits per heavy atom. The van der Waals surface area contributed by atoms with Gasteiger partial charge in [0, 0.05) is 31.0 Å². The summed E-state index contributed by atoms with van der Waals surface area (Å²) in [6.45, 7) is 2.75. The van der Waals surface area contributed by atoms with Crippen LogP contribution in [0.1, 0.15) is 30.4 Å². The first-order valence-corrected chi connectivity index (χ1v) is 9.39. The molecule has 1 amide bonds. The summed E-state index contributed by atoms with van der Waals surface area (Å²) in [7, 11) is 0. The van der Waals surface area contributed by atoms with Crippen molar-refractivity contribution in [2.75, 3.05) is 13.2 Å². The Balaban J connectivity index is 1.74. The number of hydrogen-bond acceptors (Lipinski definition) is 3. The van der Waals surface area contributed by atoms with Crippen LogP contribution in [-0.4, -0.2) is 23.6 Å². The Morgan fingerprint density at radius 2 is 2.08 bits per heavy atom. The zero-order valence-electron chi connectivity index (χ0n) is 13.7. The number of hydrogen-bond donors (Lipinski definition) is 1. The van der Waals surface area contributed by atoms with E-state index in [4.69, 9.17) is 4.74 Å². The lowest BCUT2D eigenvalue weighted by Gasteiger charge is -2.26. The fourth-order valence-electron chi connectivity index (χ4n) is 2.87. The smallest absolute Gasteiger partial charge is 0.216 e. The Labute approximate surface area is 145 Å². The fourth-order valence-corrected chi connectivity index (χ4v) is 3.99. The summed E-state index contributed by atoms with van der Waals surface area (Å²) in [6.07, 6.45) is 0.875. The summed E-state index contributed by atoms with van der Waals surface area (Å²) in [5, 5.41) is 2.87. The highest BCUT2D eigenvalue weighted by atomic mass is 32.2. The van der Waals surface area contributed by atoms with Crippen LogP contribution in [0.25, 0.3) is 0 Å². The van der Waals surface area contributed by atoms with Crippen LogP contribution in [0.4, 0.5) is 0 Å². The normalized spacial score (nSPS) is 17.5. The van der Waals surface area contributed by atoms with Crippen LogP contribution in [0, 0.1) is 0 Å². The number of carbonyl (C=O) groups excluding carboxylic acids is 1. The standard InChI is InChI=1S/C19H21NO3S/c1-14(21)20-12-16-9-10-23-19-11-17(7-8-18(16)19)24(22)13-15-5-3-2-4-6-15/h2-8,11,16H,9-10,12-13H2,1H3,(H,20,21). The molecule has 1 heterocycles. The lowest BCUT2D eigenvalue weighted by molar-refractivity contribution is -0.119. The molecule has 5 heteroatoms. The number of amides is 1. The summed E-state index contributed by atoms with van der Waals surface area (Å²) in [4.78, 5) is 11.9. The molecule has 1 N–H and O–H groups in total. The molecule has 2 aromatic rings. The quantitative estimate of drug-likeness (QED) is 0.849. The van der Waals surface area contributed by atoms with Gasteiger partial charge in [0.2, 0.25) is 5.91 Å². The van der Waals surface area contributed by atoms with Gasteiger partial charge in [0.05, 0.1) is 6.61 Å². The van der Waals surface area contributed by atoms with Crippen molar-refractivity contribution in [2.24, 2.45) is 0 Å². The lowest BCUT2D eigenvalue weighted by atomic mass is 9.93. The van der Waals surface area contributed by atoms with Gasteiger partial charge in [0.15, 0.2) is 4.90 Å². The molecule has 3 rings (SSSR count). The third-order valence-electron chi connectivity index (χ3n) is 4.15. The van der Waals surface area contributed by atoms with Gasteiger partial charge in [0.25, 0.3) is 0 Å². The molecule has 0 radical (unpaired) electrons. The maximum atomic E-state index is 12.6. The van der Waals surface area contributed by atoms with Crippen molar-refractivity contribution < 1.29 is 14.1 Å². The molecule has 126 valence electrons. The second-order valence-electron chi connectivity index (χ2n) is 5.95. The van der Waals surface area contributed by atoms with E-state index in [1.54, 1.807) is 0 Å². The lowest BCUT2D eigenvalue weighted by Crippen LogP contribution is -2.29. The van der Waals surface area contributed by atoms with Crippen molar-refractivity contribution in [3.8, 4) is 5.75 Å². The van der Waals surface area contributed by atoms with E-state index in [0.717, 1.165) is 28.2 Å². The molecule has 2 atom stereocenters. The van der Waals surface area contributed by atoms with E-state index < -0.39 is 11.2 Å². The summed E-state index contributed by atoms with van der Waals surface area (Å²) in [6, 6.07) is 15.6. The van der Waals surface area contributed by atoms with Gasteiger partial charge in [-0.3, -0.25) is 4.79 Å². The monoisotopic (exact) mass is 343 g/mol. The molecule has 0 fully saturated rings. The molecular formula is C19H21NO3S. The molecule has 2 unspecified atom stereocenters. The van der Waals surface area contributed by atoms with E-state index in [0.29, 0.717) is 18.9 Å². The zero-order valence-corrected chi connectivity index (χ0v) is 14.5. The predicted octanol–water partition coefficient (Wildman–Crippen LogP) is 3.00. The largest absolute Gasteiger partial charge is 0.611 e. The number of ether oxygens (including phenoxy) is 1. The summed E-state index contributed by atoms with van der Waals surface area (Å²) >= 11 is -1.10. The van der Waals surface area contributed by atoms with E-state index in [2.05, 4.69) is 5.32 Å². The minimum Gasteiger partial charge on any atom is -0.611 e. The second kappa shape index (κ2) is 7.73. The van der Waals surface area contributed by atoms with Crippen molar-refractivity contribution in [2.45, 2.75) is 29.9 Å². The molecule has 4 nitrogen and oxygen atoms in total. The number of benzene rings is 2. The highest BCUT2D eigenvalue weighted by Gasteiger charge is 2.24. The van der Waals surface area contributed by atoms with Gasteiger partial charge < -0.3 is 14.6 Å². The molecule has 0 aromatic heterocycles. The van der Waals surface area contributed by atoms with Crippen molar-refractivity contribution in [3.05, 3.63) is 59.7 Å². The maximum Gasteiger partial charge on any atom is 0.216 e. The average Bonchev–Trinajstić information content (AvgIpc) is 2.60. The van der Waals surface area contributed by atoms with Crippen LogP contribution in [-0.2, 0) is 21.7 Å². The predicted molar refractivity (Wildman–Crippen MR) is 94.5 cm³/mol. The number of rotatable bonds is 5. The van der Waals surface area contributed by atoms with Crippen molar-refractivity contribution >= 4 is 17.1 Å². The maximum absolute atomic E-state index is 12.6. The minimum atomic E-state index is -1.10. The molecule has 1 aliphatic rings. The molecule has 0 aliphatic carbocycles. The van der Waals surface area contributed by atoms with E-state index in [1.807, 2.05) is 48.5 Å². The molecule has 0 spiro atoms. The topological polar surface area (TPSA) is 61.4 Å². The Bertz CT molecular complexity index is 705. The van der Waals surface area contributed by atoms with Crippen molar-refractivity contribution in [1.29, 1.82) is 0 Å². The molecule has 0 bridgehead atoms. The number of carbonyl (C=O) groups is 1. The molecule has 0 saturated carbocycles. The van der Waals surface area contributed by atoms with Gasteiger partial charge in [0.1, 0.15) is 11.5 Å². The van der Waals surface area contributed by atoms with E-state index in [9.17, 15) is 9.35 Å². The van der Waals surface area contributed by atoms with Crippen LogP contribution in [0.3, 0.4) is 0 Å². The molecule has 1 aliphatic heterocycles. The molecule has 24 heavy (non-hydrogen) atoms. The SMILES string of the molecule is CC(=O)NCC1CCOc2cc([S+]([O-])Cc3ccccc3)ccc21. The van der Waals surface area contributed by atoms with Crippen LogP contribution in [0.2, 0.25) is 0 Å². The van der Waals surface area contributed by atoms with E-state index in [1.165, 1.54) is 6.92 Å². The molecule has 2 aromatic carbocycles. The van der Waals surface area contributed by atoms with Gasteiger partial charge in [-0.05, 0) is 29.2 Å². The Hall–Kier alpha value is -1.98. The van der Waals surface area contributed by atoms with Gasteiger partial charge in [-0.2, -0.15) is 0 Å². The van der Waals surface area contributed by atoms with E-state index >= 15 is 0 Å². The van der Waals surface area contributed by atoms with Crippen molar-refractivity contribution in [3.63, 3.8) is 0 Å².